The van der Waals surface area contributed by atoms with Crippen molar-refractivity contribution < 1.29 is 4.58 Å². The van der Waals surface area contributed by atoms with Crippen LogP contribution in [0.4, 0.5) is 0 Å². The molecule has 62 valence electrons. The molecule has 0 radical (unpaired) electrons. The molecule has 0 saturated carbocycles. The molecule has 0 saturated heterocycles. The molecule has 0 aromatic rings. The zero-order chi connectivity index (χ0) is 8.91. The van der Waals surface area contributed by atoms with Crippen LogP contribution in [0.3, 0.4) is 0 Å². The van der Waals surface area contributed by atoms with Gasteiger partial charge in [-0.3, -0.25) is 0 Å². The highest BCUT2D eigenvalue weighted by Gasteiger charge is 2.20. The fraction of sp³-hybridized carbons (Fsp3) is 0.500. The topological polar surface area (TPSA) is 3.01 Å². The van der Waals surface area contributed by atoms with E-state index in [9.17, 15) is 0 Å². The SMILES string of the molecule is C=C/[N+](=C\C=C/C)C(C)(C)C. The molecular formula is C10H18N+. The summed E-state index contributed by atoms with van der Waals surface area (Å²) in [6.07, 6.45) is 7.86. The summed E-state index contributed by atoms with van der Waals surface area (Å²) in [5, 5.41) is 0. The highest BCUT2D eigenvalue weighted by atomic mass is 15.0. The molecular weight excluding hydrogens is 134 g/mol. The molecule has 0 unspecified atom stereocenters. The Morgan fingerprint density at radius 1 is 1.27 bits per heavy atom. The van der Waals surface area contributed by atoms with E-state index < -0.39 is 0 Å². The summed E-state index contributed by atoms with van der Waals surface area (Å²) < 4.78 is 2.08. The molecule has 0 aliphatic heterocycles. The second-order valence-corrected chi connectivity index (χ2v) is 3.44. The first-order valence-electron chi connectivity index (χ1n) is 3.89. The van der Waals surface area contributed by atoms with Gasteiger partial charge < -0.3 is 0 Å². The van der Waals surface area contributed by atoms with Gasteiger partial charge in [0.15, 0.2) is 18.0 Å². The Morgan fingerprint density at radius 3 is 2.09 bits per heavy atom. The minimum absolute atomic E-state index is 0.126. The zero-order valence-electron chi connectivity index (χ0n) is 7.96. The summed E-state index contributed by atoms with van der Waals surface area (Å²) in [7, 11) is 0. The average molecular weight is 152 g/mol. The van der Waals surface area contributed by atoms with Gasteiger partial charge in [0.25, 0.3) is 0 Å². The van der Waals surface area contributed by atoms with Crippen molar-refractivity contribution in [1.29, 1.82) is 0 Å². The van der Waals surface area contributed by atoms with E-state index in [1.54, 1.807) is 0 Å². The fourth-order valence-corrected chi connectivity index (χ4v) is 0.737. The highest BCUT2D eigenvalue weighted by molar-refractivity contribution is 5.66. The Kier molecular flexibility index (Phi) is 3.80. The maximum Gasteiger partial charge on any atom is 0.168 e. The van der Waals surface area contributed by atoms with Crippen LogP contribution in [-0.4, -0.2) is 16.3 Å². The molecule has 1 nitrogen and oxygen atoms in total. The van der Waals surface area contributed by atoms with Gasteiger partial charge in [-0.25, -0.2) is 4.58 Å². The van der Waals surface area contributed by atoms with Gasteiger partial charge in [-0.1, -0.05) is 6.08 Å². The van der Waals surface area contributed by atoms with Crippen molar-refractivity contribution >= 4 is 6.21 Å². The number of rotatable bonds is 2. The van der Waals surface area contributed by atoms with Crippen molar-refractivity contribution in [3.8, 4) is 0 Å². The summed E-state index contributed by atoms with van der Waals surface area (Å²) in [5.41, 5.74) is 0.126. The van der Waals surface area contributed by atoms with E-state index in [4.69, 9.17) is 0 Å². The molecule has 1 heteroatoms. The molecule has 0 aromatic heterocycles. The second kappa shape index (κ2) is 4.12. The summed E-state index contributed by atoms with van der Waals surface area (Å²) in [4.78, 5) is 0. The van der Waals surface area contributed by atoms with Crippen LogP contribution >= 0.6 is 0 Å². The van der Waals surface area contributed by atoms with Crippen LogP contribution in [0.1, 0.15) is 27.7 Å². The minimum atomic E-state index is 0.126. The highest BCUT2D eigenvalue weighted by Crippen LogP contribution is 2.05. The molecule has 11 heavy (non-hydrogen) atoms. The first-order chi connectivity index (χ1) is 5.02. The van der Waals surface area contributed by atoms with Crippen molar-refractivity contribution in [3.63, 3.8) is 0 Å². The van der Waals surface area contributed by atoms with E-state index in [0.717, 1.165) is 0 Å². The largest absolute Gasteiger partial charge is 0.201 e. The van der Waals surface area contributed by atoms with Gasteiger partial charge in [-0.05, 0) is 19.6 Å². The lowest BCUT2D eigenvalue weighted by Crippen LogP contribution is -2.29. The van der Waals surface area contributed by atoms with Gasteiger partial charge in [-0.2, -0.15) is 0 Å². The first-order valence-corrected chi connectivity index (χ1v) is 3.89. The lowest BCUT2D eigenvalue weighted by molar-refractivity contribution is -0.529. The van der Waals surface area contributed by atoms with Crippen LogP contribution in [0.2, 0.25) is 0 Å². The number of hydrogen-bond donors (Lipinski definition) is 0. The quantitative estimate of drug-likeness (QED) is 0.422. The van der Waals surface area contributed by atoms with Crippen LogP contribution in [0.15, 0.2) is 24.9 Å². The Labute approximate surface area is 69.7 Å². The lowest BCUT2D eigenvalue weighted by Gasteiger charge is -2.12. The van der Waals surface area contributed by atoms with Gasteiger partial charge in [0.2, 0.25) is 0 Å². The third kappa shape index (κ3) is 3.76. The van der Waals surface area contributed by atoms with Gasteiger partial charge in [-0.15, -0.1) is 0 Å². The molecule has 0 rings (SSSR count). The molecule has 0 aliphatic rings. The van der Waals surface area contributed by atoms with E-state index in [2.05, 4.69) is 31.9 Å². The Bertz CT molecular complexity index is 180. The van der Waals surface area contributed by atoms with Crippen molar-refractivity contribution in [2.24, 2.45) is 0 Å². The predicted molar refractivity (Wildman–Crippen MR) is 51.1 cm³/mol. The average Bonchev–Trinajstić information content (AvgIpc) is 1.87. The Hall–Kier alpha value is -0.850. The van der Waals surface area contributed by atoms with Crippen LogP contribution in [0.25, 0.3) is 0 Å². The maximum atomic E-state index is 3.74. The Morgan fingerprint density at radius 2 is 1.82 bits per heavy atom. The van der Waals surface area contributed by atoms with Crippen LogP contribution < -0.4 is 0 Å². The van der Waals surface area contributed by atoms with Crippen molar-refractivity contribution in [2.45, 2.75) is 33.2 Å². The number of hydrogen-bond acceptors (Lipinski definition) is 0. The second-order valence-electron chi connectivity index (χ2n) is 3.44. The third-order valence-corrected chi connectivity index (χ3v) is 1.41. The van der Waals surface area contributed by atoms with Gasteiger partial charge in [0.05, 0.1) is 0 Å². The fourth-order valence-electron chi connectivity index (χ4n) is 0.737. The summed E-state index contributed by atoms with van der Waals surface area (Å²) >= 11 is 0. The molecule has 0 spiro atoms. The zero-order valence-corrected chi connectivity index (χ0v) is 7.96. The van der Waals surface area contributed by atoms with Crippen molar-refractivity contribution in [1.82, 2.24) is 0 Å². The number of nitrogens with zero attached hydrogens (tertiary/aromatic N) is 1. The van der Waals surface area contributed by atoms with E-state index in [1.165, 1.54) is 0 Å². The van der Waals surface area contributed by atoms with E-state index in [-0.39, 0.29) is 5.54 Å². The molecule has 0 aromatic carbocycles. The third-order valence-electron chi connectivity index (χ3n) is 1.41. The standard InChI is InChI=1S/C10H18N/c1-6-8-9-11(7-2)10(3,4)5/h6-9H,2H2,1,3-5H3/q+1/b8-6-,11-9+. The minimum Gasteiger partial charge on any atom is -0.201 e. The summed E-state index contributed by atoms with van der Waals surface area (Å²) in [5.74, 6) is 0. The van der Waals surface area contributed by atoms with Gasteiger partial charge in [0.1, 0.15) is 0 Å². The van der Waals surface area contributed by atoms with E-state index in [1.807, 2.05) is 31.5 Å². The number of allylic oxidation sites excluding steroid dienone is 2. The normalized spacial score (nSPS) is 14.0. The van der Waals surface area contributed by atoms with Gasteiger partial charge in [0, 0.05) is 20.8 Å². The molecule has 0 fully saturated rings. The van der Waals surface area contributed by atoms with Crippen molar-refractivity contribution in [2.75, 3.05) is 0 Å². The maximum absolute atomic E-state index is 3.74. The molecule has 0 bridgehead atoms. The monoisotopic (exact) mass is 152 g/mol. The molecule has 0 atom stereocenters. The molecule has 0 aliphatic carbocycles. The van der Waals surface area contributed by atoms with Crippen LogP contribution in [-0.2, 0) is 0 Å². The first kappa shape index (κ1) is 10.2. The van der Waals surface area contributed by atoms with Gasteiger partial charge >= 0.3 is 0 Å². The molecule has 0 N–H and O–H groups in total. The van der Waals surface area contributed by atoms with E-state index >= 15 is 0 Å². The summed E-state index contributed by atoms with van der Waals surface area (Å²) in [6.45, 7) is 12.2. The van der Waals surface area contributed by atoms with Crippen LogP contribution in [0, 0.1) is 0 Å². The molecule has 0 amide bonds. The predicted octanol–water partition coefficient (Wildman–Crippen LogP) is 2.59. The van der Waals surface area contributed by atoms with Crippen molar-refractivity contribution in [3.05, 3.63) is 24.9 Å². The molecule has 0 heterocycles. The summed E-state index contributed by atoms with van der Waals surface area (Å²) in [6, 6.07) is 0. The van der Waals surface area contributed by atoms with Crippen LogP contribution in [0.5, 0.6) is 0 Å². The lowest BCUT2D eigenvalue weighted by atomic mass is 10.1. The smallest absolute Gasteiger partial charge is 0.168 e. The Balaban J connectivity index is 4.53. The van der Waals surface area contributed by atoms with E-state index in [0.29, 0.717) is 0 Å².